The molecule has 1 atom stereocenters. The minimum Gasteiger partial charge on any atom is -0.496 e. The van der Waals surface area contributed by atoms with Gasteiger partial charge in [-0.15, -0.1) is 24.0 Å². The fraction of sp³-hybridized carbons (Fsp3) is 0.353. The standard InChI is InChI=1S/C17H21N3O2.HI/c1-12-13(8-9-22-12)11-20(2)17-18-10-15(19-17)14-6-4-5-7-16(14)21-3;/h4-9,15H,10-11H2,1-3H3,(H,18,19);1H. The van der Waals surface area contributed by atoms with Gasteiger partial charge in [-0.25, -0.2) is 0 Å². The number of aliphatic imine (C=N–C) groups is 1. The molecule has 0 aliphatic carbocycles. The zero-order valence-corrected chi connectivity index (χ0v) is 15.9. The van der Waals surface area contributed by atoms with Crippen molar-refractivity contribution in [3.05, 3.63) is 53.5 Å². The monoisotopic (exact) mass is 427 g/mol. The summed E-state index contributed by atoms with van der Waals surface area (Å²) in [7, 11) is 3.73. The number of benzene rings is 1. The Kier molecular flexibility index (Phi) is 5.92. The molecule has 23 heavy (non-hydrogen) atoms. The summed E-state index contributed by atoms with van der Waals surface area (Å²) in [4.78, 5) is 6.73. The molecule has 1 N–H and O–H groups in total. The number of methoxy groups -OCH3 is 1. The number of nitrogens with one attached hydrogen (secondary N) is 1. The first kappa shape index (κ1) is 17.7. The smallest absolute Gasteiger partial charge is 0.194 e. The highest BCUT2D eigenvalue weighted by atomic mass is 127. The summed E-state index contributed by atoms with van der Waals surface area (Å²) in [5.74, 6) is 2.74. The Hall–Kier alpha value is -1.70. The number of ether oxygens (including phenoxy) is 1. The highest BCUT2D eigenvalue weighted by Crippen LogP contribution is 2.27. The van der Waals surface area contributed by atoms with Crippen molar-refractivity contribution in [2.75, 3.05) is 20.7 Å². The summed E-state index contributed by atoms with van der Waals surface area (Å²) in [5, 5.41) is 3.48. The molecule has 124 valence electrons. The maximum absolute atomic E-state index is 5.44. The van der Waals surface area contributed by atoms with Gasteiger partial charge in [-0.05, 0) is 19.1 Å². The predicted octanol–water partition coefficient (Wildman–Crippen LogP) is 3.35. The Morgan fingerprint density at radius 2 is 2.13 bits per heavy atom. The number of aryl methyl sites for hydroxylation is 1. The van der Waals surface area contributed by atoms with Crippen LogP contribution < -0.4 is 10.1 Å². The van der Waals surface area contributed by atoms with Gasteiger partial charge < -0.3 is 19.4 Å². The molecule has 3 rings (SSSR count). The van der Waals surface area contributed by atoms with Crippen molar-refractivity contribution in [3.8, 4) is 5.75 Å². The van der Waals surface area contributed by atoms with Gasteiger partial charge in [0.1, 0.15) is 11.5 Å². The summed E-state index contributed by atoms with van der Waals surface area (Å²) < 4.78 is 10.8. The molecule has 1 aliphatic rings. The van der Waals surface area contributed by atoms with E-state index in [0.29, 0.717) is 6.54 Å². The third-order valence-electron chi connectivity index (χ3n) is 3.98. The first-order valence-corrected chi connectivity index (χ1v) is 7.37. The van der Waals surface area contributed by atoms with Crippen LogP contribution in [0.25, 0.3) is 0 Å². The van der Waals surface area contributed by atoms with E-state index < -0.39 is 0 Å². The van der Waals surface area contributed by atoms with Crippen molar-refractivity contribution in [1.82, 2.24) is 10.2 Å². The Morgan fingerprint density at radius 1 is 1.35 bits per heavy atom. The van der Waals surface area contributed by atoms with E-state index in [0.717, 1.165) is 29.6 Å². The maximum Gasteiger partial charge on any atom is 0.194 e. The molecule has 0 bridgehead atoms. The van der Waals surface area contributed by atoms with Crippen molar-refractivity contribution < 1.29 is 9.15 Å². The van der Waals surface area contributed by atoms with E-state index in [2.05, 4.69) is 21.3 Å². The molecule has 0 amide bonds. The summed E-state index contributed by atoms with van der Waals surface area (Å²) in [6.45, 7) is 3.46. The number of nitrogens with zero attached hydrogens (tertiary/aromatic N) is 2. The van der Waals surface area contributed by atoms with Gasteiger partial charge >= 0.3 is 0 Å². The zero-order chi connectivity index (χ0) is 15.5. The van der Waals surface area contributed by atoms with Crippen molar-refractivity contribution in [1.29, 1.82) is 0 Å². The Bertz CT molecular complexity index is 684. The summed E-state index contributed by atoms with van der Waals surface area (Å²) in [5.41, 5.74) is 2.31. The molecule has 5 nitrogen and oxygen atoms in total. The molecule has 6 heteroatoms. The number of para-hydroxylation sites is 1. The van der Waals surface area contributed by atoms with Crippen molar-refractivity contribution in [3.63, 3.8) is 0 Å². The van der Waals surface area contributed by atoms with Gasteiger partial charge in [-0.2, -0.15) is 0 Å². The van der Waals surface area contributed by atoms with Crippen LogP contribution in [-0.2, 0) is 6.54 Å². The van der Waals surface area contributed by atoms with Crippen LogP contribution in [0.5, 0.6) is 5.75 Å². The van der Waals surface area contributed by atoms with Crippen molar-refractivity contribution in [2.24, 2.45) is 4.99 Å². The lowest BCUT2D eigenvalue weighted by molar-refractivity contribution is 0.404. The first-order valence-electron chi connectivity index (χ1n) is 7.37. The molecular weight excluding hydrogens is 405 g/mol. The lowest BCUT2D eigenvalue weighted by Gasteiger charge is -2.21. The van der Waals surface area contributed by atoms with Crippen LogP contribution in [0.4, 0.5) is 0 Å². The number of hydrogen-bond acceptors (Lipinski definition) is 5. The lowest BCUT2D eigenvalue weighted by Crippen LogP contribution is -2.36. The van der Waals surface area contributed by atoms with Gasteiger partial charge in [0.05, 0.1) is 26.0 Å². The van der Waals surface area contributed by atoms with Crippen LogP contribution in [0.3, 0.4) is 0 Å². The SMILES string of the molecule is COc1ccccc1C1CN=C(N(C)Cc2ccoc2C)N1.I. The number of guanidine groups is 1. The highest BCUT2D eigenvalue weighted by molar-refractivity contribution is 14.0. The normalized spacial score (nSPS) is 16.3. The Labute approximate surface area is 153 Å². The van der Waals surface area contributed by atoms with Gasteiger partial charge in [0, 0.05) is 24.7 Å². The van der Waals surface area contributed by atoms with E-state index >= 15 is 0 Å². The molecule has 1 unspecified atom stereocenters. The van der Waals surface area contributed by atoms with E-state index in [1.54, 1.807) is 13.4 Å². The number of halogens is 1. The average molecular weight is 427 g/mol. The maximum atomic E-state index is 5.44. The fourth-order valence-electron chi connectivity index (χ4n) is 2.69. The van der Waals surface area contributed by atoms with E-state index in [1.807, 2.05) is 38.2 Å². The number of hydrogen-bond donors (Lipinski definition) is 1. The van der Waals surface area contributed by atoms with Crippen LogP contribution in [0.1, 0.15) is 22.9 Å². The quantitative estimate of drug-likeness (QED) is 0.761. The number of rotatable bonds is 4. The van der Waals surface area contributed by atoms with Gasteiger partial charge in [0.25, 0.3) is 0 Å². The molecule has 0 saturated heterocycles. The Balaban J connectivity index is 0.00000192. The predicted molar refractivity (Wildman–Crippen MR) is 101 cm³/mol. The third-order valence-corrected chi connectivity index (χ3v) is 3.98. The molecular formula is C17H22IN3O2. The van der Waals surface area contributed by atoms with E-state index in [-0.39, 0.29) is 30.0 Å². The Morgan fingerprint density at radius 3 is 2.83 bits per heavy atom. The minimum absolute atomic E-state index is 0. The summed E-state index contributed by atoms with van der Waals surface area (Å²) in [6, 6.07) is 10.2. The van der Waals surface area contributed by atoms with Crippen LogP contribution in [0.2, 0.25) is 0 Å². The molecule has 0 saturated carbocycles. The topological polar surface area (TPSA) is 50.0 Å². The second kappa shape index (κ2) is 7.72. The molecule has 0 fully saturated rings. The van der Waals surface area contributed by atoms with Gasteiger partial charge in [0.2, 0.25) is 0 Å². The van der Waals surface area contributed by atoms with Crippen LogP contribution in [-0.4, -0.2) is 31.6 Å². The summed E-state index contributed by atoms with van der Waals surface area (Å²) in [6.07, 6.45) is 1.72. The van der Waals surface area contributed by atoms with Gasteiger partial charge in [-0.1, -0.05) is 18.2 Å². The van der Waals surface area contributed by atoms with Crippen molar-refractivity contribution >= 4 is 29.9 Å². The van der Waals surface area contributed by atoms with Crippen LogP contribution >= 0.6 is 24.0 Å². The molecule has 1 aliphatic heterocycles. The first-order chi connectivity index (χ1) is 10.7. The molecule has 1 aromatic carbocycles. The highest BCUT2D eigenvalue weighted by Gasteiger charge is 2.24. The molecule has 2 heterocycles. The van der Waals surface area contributed by atoms with Crippen LogP contribution in [0, 0.1) is 6.92 Å². The van der Waals surface area contributed by atoms with E-state index in [9.17, 15) is 0 Å². The second-order valence-corrected chi connectivity index (χ2v) is 5.46. The average Bonchev–Trinajstić information content (AvgIpc) is 3.17. The van der Waals surface area contributed by atoms with Crippen LogP contribution in [0.15, 0.2) is 46.0 Å². The number of furan rings is 1. The molecule has 1 aromatic heterocycles. The lowest BCUT2D eigenvalue weighted by atomic mass is 10.1. The van der Waals surface area contributed by atoms with E-state index in [4.69, 9.17) is 9.15 Å². The summed E-state index contributed by atoms with van der Waals surface area (Å²) >= 11 is 0. The van der Waals surface area contributed by atoms with Gasteiger partial charge in [-0.3, -0.25) is 4.99 Å². The molecule has 0 radical (unpaired) electrons. The molecule has 0 spiro atoms. The zero-order valence-electron chi connectivity index (χ0n) is 13.6. The minimum atomic E-state index is 0. The van der Waals surface area contributed by atoms with Crippen molar-refractivity contribution in [2.45, 2.75) is 19.5 Å². The second-order valence-electron chi connectivity index (χ2n) is 5.46. The fourth-order valence-corrected chi connectivity index (χ4v) is 2.69. The van der Waals surface area contributed by atoms with E-state index in [1.165, 1.54) is 5.56 Å². The third kappa shape index (κ3) is 3.80. The largest absolute Gasteiger partial charge is 0.496 e. The molecule has 2 aromatic rings. The van der Waals surface area contributed by atoms with Gasteiger partial charge in [0.15, 0.2) is 5.96 Å².